The molecule has 0 aromatic heterocycles. The summed E-state index contributed by atoms with van der Waals surface area (Å²) in [7, 11) is 0. The first-order valence-corrected chi connectivity index (χ1v) is 9.03. The van der Waals surface area contributed by atoms with E-state index in [0.717, 1.165) is 12.8 Å². The van der Waals surface area contributed by atoms with E-state index in [1.807, 2.05) is 0 Å². The topological polar surface area (TPSA) is 40.5 Å². The summed E-state index contributed by atoms with van der Waals surface area (Å²) in [5.41, 5.74) is 0. The van der Waals surface area contributed by atoms with Crippen molar-refractivity contribution in [2.45, 2.75) is 116 Å². The van der Waals surface area contributed by atoms with Gasteiger partial charge in [0.05, 0.1) is 12.2 Å². The lowest BCUT2D eigenvalue weighted by Gasteiger charge is -2.11. The molecule has 122 valence electrons. The molecule has 0 aromatic rings. The molecule has 2 nitrogen and oxygen atoms in total. The quantitative estimate of drug-likeness (QED) is 0.406. The molecule has 2 N–H and O–H groups in total. The molecule has 0 aliphatic carbocycles. The number of hydrogen-bond donors (Lipinski definition) is 2. The molecule has 0 rings (SSSR count). The molecular formula is C18H38O2. The van der Waals surface area contributed by atoms with Crippen molar-refractivity contribution in [1.82, 2.24) is 0 Å². The summed E-state index contributed by atoms with van der Waals surface area (Å²) in [6.07, 6.45) is 16.9. The molecule has 0 radical (unpaired) electrons. The molecule has 0 bridgehead atoms. The Bertz CT molecular complexity index is 180. The third-order valence-electron chi connectivity index (χ3n) is 4.00. The smallest absolute Gasteiger partial charge is 0.0564 e. The van der Waals surface area contributed by atoms with Crippen LogP contribution in [0.4, 0.5) is 0 Å². The molecule has 0 aliphatic rings. The molecule has 0 spiro atoms. The average Bonchev–Trinajstić information content (AvgIpc) is 2.39. The lowest BCUT2D eigenvalue weighted by atomic mass is 10.0. The largest absolute Gasteiger partial charge is 0.393 e. The first-order chi connectivity index (χ1) is 9.66. The Balaban J connectivity index is 3.06. The fraction of sp³-hybridized carbons (Fsp3) is 1.00. The number of aliphatic hydroxyl groups is 2. The summed E-state index contributed by atoms with van der Waals surface area (Å²) in [6.45, 7) is 4.01. The van der Waals surface area contributed by atoms with Gasteiger partial charge in [-0.05, 0) is 19.8 Å². The second-order valence-corrected chi connectivity index (χ2v) is 6.42. The molecule has 0 amide bonds. The van der Waals surface area contributed by atoms with Crippen LogP contribution in [0.25, 0.3) is 0 Å². The lowest BCUT2D eigenvalue weighted by Crippen LogP contribution is -2.14. The minimum Gasteiger partial charge on any atom is -0.393 e. The molecule has 20 heavy (non-hydrogen) atoms. The Morgan fingerprint density at radius 2 is 1.05 bits per heavy atom. The first kappa shape index (κ1) is 19.9. The monoisotopic (exact) mass is 286 g/mol. The van der Waals surface area contributed by atoms with Gasteiger partial charge in [-0.3, -0.25) is 0 Å². The molecule has 0 aromatic carbocycles. The third-order valence-corrected chi connectivity index (χ3v) is 4.00. The summed E-state index contributed by atoms with van der Waals surface area (Å²) >= 11 is 0. The number of hydrogen-bond acceptors (Lipinski definition) is 2. The summed E-state index contributed by atoms with van der Waals surface area (Å²) in [4.78, 5) is 0. The first-order valence-electron chi connectivity index (χ1n) is 9.03. The minimum absolute atomic E-state index is 0.307. The normalized spacial score (nSPS) is 14.4. The van der Waals surface area contributed by atoms with Gasteiger partial charge in [0.15, 0.2) is 0 Å². The van der Waals surface area contributed by atoms with Gasteiger partial charge in [-0.2, -0.15) is 0 Å². The predicted molar refractivity (Wildman–Crippen MR) is 88.0 cm³/mol. The molecule has 0 fully saturated rings. The molecule has 0 aliphatic heterocycles. The molecule has 2 heteroatoms. The maximum Gasteiger partial charge on any atom is 0.0564 e. The van der Waals surface area contributed by atoms with Crippen molar-refractivity contribution >= 4 is 0 Å². The van der Waals surface area contributed by atoms with Gasteiger partial charge in [0, 0.05) is 0 Å². The summed E-state index contributed by atoms with van der Waals surface area (Å²) in [5.74, 6) is 0. The third kappa shape index (κ3) is 16.0. The molecular weight excluding hydrogens is 248 g/mol. The van der Waals surface area contributed by atoms with Crippen molar-refractivity contribution < 1.29 is 10.2 Å². The Kier molecular flexibility index (Phi) is 15.3. The SMILES string of the molecule is CCCCCCCCCCCCCCC(O)CC(C)O. The van der Waals surface area contributed by atoms with Crippen LogP contribution in [0.1, 0.15) is 104 Å². The maximum absolute atomic E-state index is 9.62. The summed E-state index contributed by atoms with van der Waals surface area (Å²) in [6, 6.07) is 0. The molecule has 2 unspecified atom stereocenters. The van der Waals surface area contributed by atoms with E-state index in [1.165, 1.54) is 70.6 Å². The van der Waals surface area contributed by atoms with Crippen molar-refractivity contribution in [2.75, 3.05) is 0 Å². The van der Waals surface area contributed by atoms with E-state index in [9.17, 15) is 5.11 Å². The highest BCUT2D eigenvalue weighted by atomic mass is 16.3. The van der Waals surface area contributed by atoms with Crippen LogP contribution in [0.3, 0.4) is 0 Å². The fourth-order valence-corrected chi connectivity index (χ4v) is 2.73. The van der Waals surface area contributed by atoms with Gasteiger partial charge >= 0.3 is 0 Å². The van der Waals surface area contributed by atoms with Gasteiger partial charge in [0.25, 0.3) is 0 Å². The van der Waals surface area contributed by atoms with E-state index in [4.69, 9.17) is 5.11 Å². The highest BCUT2D eigenvalue weighted by Crippen LogP contribution is 2.13. The van der Waals surface area contributed by atoms with Gasteiger partial charge in [-0.25, -0.2) is 0 Å². The molecule has 0 heterocycles. The van der Waals surface area contributed by atoms with Crippen LogP contribution in [0.2, 0.25) is 0 Å². The fourth-order valence-electron chi connectivity index (χ4n) is 2.73. The van der Waals surface area contributed by atoms with E-state index < -0.39 is 0 Å². The molecule has 0 saturated carbocycles. The van der Waals surface area contributed by atoms with E-state index in [2.05, 4.69) is 6.92 Å². The van der Waals surface area contributed by atoms with Gasteiger partial charge < -0.3 is 10.2 Å². The highest BCUT2D eigenvalue weighted by molar-refractivity contribution is 4.60. The van der Waals surface area contributed by atoms with Crippen molar-refractivity contribution in [3.63, 3.8) is 0 Å². The summed E-state index contributed by atoms with van der Waals surface area (Å²) in [5, 5.41) is 18.8. The van der Waals surface area contributed by atoms with Crippen molar-refractivity contribution in [2.24, 2.45) is 0 Å². The van der Waals surface area contributed by atoms with Crippen molar-refractivity contribution in [1.29, 1.82) is 0 Å². The van der Waals surface area contributed by atoms with Crippen LogP contribution in [0.5, 0.6) is 0 Å². The van der Waals surface area contributed by atoms with Gasteiger partial charge in [-0.1, -0.05) is 84.0 Å². The van der Waals surface area contributed by atoms with Crippen molar-refractivity contribution in [3.05, 3.63) is 0 Å². The van der Waals surface area contributed by atoms with Gasteiger partial charge in [0.1, 0.15) is 0 Å². The van der Waals surface area contributed by atoms with Crippen LogP contribution < -0.4 is 0 Å². The number of aliphatic hydroxyl groups excluding tert-OH is 2. The molecule has 2 atom stereocenters. The number of unbranched alkanes of at least 4 members (excludes halogenated alkanes) is 11. The van der Waals surface area contributed by atoms with Crippen LogP contribution in [0.15, 0.2) is 0 Å². The van der Waals surface area contributed by atoms with E-state index >= 15 is 0 Å². The minimum atomic E-state index is -0.373. The van der Waals surface area contributed by atoms with Crippen LogP contribution in [0, 0.1) is 0 Å². The lowest BCUT2D eigenvalue weighted by molar-refractivity contribution is 0.0834. The van der Waals surface area contributed by atoms with Crippen LogP contribution >= 0.6 is 0 Å². The van der Waals surface area contributed by atoms with Crippen molar-refractivity contribution in [3.8, 4) is 0 Å². The Morgan fingerprint density at radius 1 is 0.650 bits per heavy atom. The van der Waals surface area contributed by atoms with E-state index in [-0.39, 0.29) is 12.2 Å². The maximum atomic E-state index is 9.62. The van der Waals surface area contributed by atoms with Crippen LogP contribution in [-0.4, -0.2) is 22.4 Å². The van der Waals surface area contributed by atoms with E-state index in [0.29, 0.717) is 6.42 Å². The van der Waals surface area contributed by atoms with Gasteiger partial charge in [-0.15, -0.1) is 0 Å². The average molecular weight is 286 g/mol. The zero-order chi connectivity index (χ0) is 15.1. The molecule has 0 saturated heterocycles. The summed E-state index contributed by atoms with van der Waals surface area (Å²) < 4.78 is 0. The zero-order valence-corrected chi connectivity index (χ0v) is 13.9. The Hall–Kier alpha value is -0.0800. The highest BCUT2D eigenvalue weighted by Gasteiger charge is 2.06. The number of rotatable bonds is 15. The standard InChI is InChI=1S/C18H38O2/c1-3-4-5-6-7-8-9-10-11-12-13-14-15-18(20)16-17(2)19/h17-20H,3-16H2,1-2H3. The Morgan fingerprint density at radius 3 is 1.45 bits per heavy atom. The predicted octanol–water partition coefficient (Wildman–Crippen LogP) is 5.21. The van der Waals surface area contributed by atoms with Gasteiger partial charge in [0.2, 0.25) is 0 Å². The Labute approximate surface area is 127 Å². The van der Waals surface area contributed by atoms with E-state index in [1.54, 1.807) is 6.92 Å². The second kappa shape index (κ2) is 15.3. The zero-order valence-electron chi connectivity index (χ0n) is 13.9. The van der Waals surface area contributed by atoms with Crippen LogP contribution in [-0.2, 0) is 0 Å². The second-order valence-electron chi connectivity index (χ2n) is 6.42.